The maximum absolute atomic E-state index is 12.4. The molecule has 8 nitrogen and oxygen atoms in total. The van der Waals surface area contributed by atoms with Gasteiger partial charge in [-0.1, -0.05) is 19.7 Å². The molecule has 0 saturated carbocycles. The van der Waals surface area contributed by atoms with Crippen LogP contribution >= 0.6 is 0 Å². The fourth-order valence-electron chi connectivity index (χ4n) is 2.57. The molecule has 8 heteroatoms. The fraction of sp³-hybridized carbons (Fsp3) is 0.241. The summed E-state index contributed by atoms with van der Waals surface area (Å²) in [7, 11) is 0. The van der Waals surface area contributed by atoms with E-state index in [4.69, 9.17) is 18.9 Å². The first-order chi connectivity index (χ1) is 17.1. The molecule has 0 heterocycles. The van der Waals surface area contributed by atoms with Gasteiger partial charge >= 0.3 is 23.9 Å². The fourth-order valence-corrected chi connectivity index (χ4v) is 2.57. The predicted octanol–water partition coefficient (Wildman–Crippen LogP) is 5.75. The van der Waals surface area contributed by atoms with E-state index in [0.29, 0.717) is 11.1 Å². The third-order valence-corrected chi connectivity index (χ3v) is 4.68. The molecule has 0 aliphatic heterocycles. The number of rotatable bonds is 8. The second kappa shape index (κ2) is 11.5. The lowest BCUT2D eigenvalue weighted by Crippen LogP contribution is -2.25. The van der Waals surface area contributed by atoms with Gasteiger partial charge in [-0.2, -0.15) is 0 Å². The molecule has 0 bridgehead atoms. The quantitative estimate of drug-likeness (QED) is 0.253. The third-order valence-electron chi connectivity index (χ3n) is 4.68. The largest absolute Gasteiger partial charge is 0.426 e. The van der Waals surface area contributed by atoms with Gasteiger partial charge in [-0.3, -0.25) is 4.79 Å². The summed E-state index contributed by atoms with van der Waals surface area (Å²) in [5.74, 6) is -2.33. The van der Waals surface area contributed by atoms with Crippen molar-refractivity contribution in [2.75, 3.05) is 0 Å². The topological polar surface area (TPSA) is 105 Å². The van der Waals surface area contributed by atoms with Gasteiger partial charge in [-0.15, -0.1) is 0 Å². The summed E-state index contributed by atoms with van der Waals surface area (Å²) >= 11 is 0. The summed E-state index contributed by atoms with van der Waals surface area (Å²) in [4.78, 5) is 49.1. The highest BCUT2D eigenvalue weighted by Gasteiger charge is 2.25. The second-order valence-electron chi connectivity index (χ2n) is 9.46. The lowest BCUT2D eigenvalue weighted by molar-refractivity contribution is -0.143. The van der Waals surface area contributed by atoms with Crippen molar-refractivity contribution < 1.29 is 38.1 Å². The molecule has 0 atom stereocenters. The molecule has 0 spiro atoms. The molecule has 0 fully saturated rings. The van der Waals surface area contributed by atoms with Gasteiger partial charge in [0.2, 0.25) is 0 Å². The number of benzene rings is 2. The van der Waals surface area contributed by atoms with Crippen LogP contribution in [0.2, 0.25) is 0 Å². The lowest BCUT2D eigenvalue weighted by atomic mass is 9.97. The van der Waals surface area contributed by atoms with Crippen molar-refractivity contribution in [3.8, 4) is 34.1 Å². The van der Waals surface area contributed by atoms with Crippen molar-refractivity contribution >= 4 is 23.9 Å². The van der Waals surface area contributed by atoms with Gasteiger partial charge in [0.1, 0.15) is 23.0 Å². The van der Waals surface area contributed by atoms with E-state index >= 15 is 0 Å². The van der Waals surface area contributed by atoms with E-state index in [-0.39, 0.29) is 39.7 Å². The molecule has 0 radical (unpaired) electrons. The zero-order valence-corrected chi connectivity index (χ0v) is 21.9. The zero-order chi connectivity index (χ0) is 28.1. The van der Waals surface area contributed by atoms with Gasteiger partial charge in [0, 0.05) is 40.0 Å². The molecule has 2 rings (SSSR count). The van der Waals surface area contributed by atoms with Crippen LogP contribution in [0.15, 0.2) is 72.9 Å². The van der Waals surface area contributed by atoms with Gasteiger partial charge in [0.05, 0.1) is 5.41 Å². The minimum Gasteiger partial charge on any atom is -0.426 e. The van der Waals surface area contributed by atoms with Crippen LogP contribution in [-0.2, 0) is 19.2 Å². The van der Waals surface area contributed by atoms with Crippen LogP contribution in [0.4, 0.5) is 0 Å². The van der Waals surface area contributed by atoms with Gasteiger partial charge < -0.3 is 18.9 Å². The Labute approximate surface area is 216 Å². The van der Waals surface area contributed by atoms with Crippen LogP contribution in [-0.4, -0.2) is 23.9 Å². The Balaban J connectivity index is 2.67. The van der Waals surface area contributed by atoms with Crippen molar-refractivity contribution in [2.45, 2.75) is 41.5 Å². The average Bonchev–Trinajstić information content (AvgIpc) is 2.79. The van der Waals surface area contributed by atoms with Gasteiger partial charge in [-0.05, 0) is 65.8 Å². The molecule has 0 aliphatic carbocycles. The Hall–Kier alpha value is -4.46. The van der Waals surface area contributed by atoms with E-state index in [0.717, 1.165) is 0 Å². The highest BCUT2D eigenvalue weighted by atomic mass is 16.6. The maximum Gasteiger partial charge on any atom is 0.338 e. The summed E-state index contributed by atoms with van der Waals surface area (Å²) in [6.45, 7) is 20.3. The number of hydrogen-bond acceptors (Lipinski definition) is 8. The third kappa shape index (κ3) is 7.76. The first kappa shape index (κ1) is 28.8. The van der Waals surface area contributed by atoms with Gasteiger partial charge in [0.25, 0.3) is 0 Å². The Kier molecular flexibility index (Phi) is 8.96. The van der Waals surface area contributed by atoms with E-state index in [1.165, 1.54) is 51.1 Å². The summed E-state index contributed by atoms with van der Waals surface area (Å²) in [5, 5.41) is 0. The highest BCUT2D eigenvalue weighted by Crippen LogP contribution is 2.41. The first-order valence-electron chi connectivity index (χ1n) is 11.2. The minimum absolute atomic E-state index is 0.00655. The average molecular weight is 507 g/mol. The molecule has 2 aromatic rings. The van der Waals surface area contributed by atoms with Crippen LogP contribution < -0.4 is 18.9 Å². The molecule has 0 saturated heterocycles. The standard InChI is InChI=1S/C29H30O8/c1-16(2)25(30)34-19-10-12-21(23(14-19)36-26(31)17(3)4)22-13-11-20(35-28(33)29(7,8)9)15-24(22)37-27(32)18(5)6/h10-15H,1,3,5H2,2,4,6-9H3. The molecular formula is C29H30O8. The molecule has 0 aromatic heterocycles. The zero-order valence-electron chi connectivity index (χ0n) is 21.9. The van der Waals surface area contributed by atoms with Crippen LogP contribution in [0.25, 0.3) is 11.1 Å². The Morgan fingerprint density at radius 1 is 0.595 bits per heavy atom. The molecule has 0 aliphatic rings. The molecule has 0 amide bonds. The van der Waals surface area contributed by atoms with Gasteiger partial charge in [-0.25, -0.2) is 14.4 Å². The van der Waals surface area contributed by atoms with Crippen molar-refractivity contribution in [2.24, 2.45) is 5.41 Å². The molecule has 194 valence electrons. The Bertz CT molecular complexity index is 1310. The normalized spacial score (nSPS) is 10.6. The summed E-state index contributed by atoms with van der Waals surface area (Å²) < 4.78 is 21.7. The van der Waals surface area contributed by atoms with E-state index in [9.17, 15) is 19.2 Å². The Morgan fingerprint density at radius 2 is 0.946 bits per heavy atom. The number of carbonyl (C=O) groups excluding carboxylic acids is 4. The molecule has 0 N–H and O–H groups in total. The predicted molar refractivity (Wildman–Crippen MR) is 138 cm³/mol. The SMILES string of the molecule is C=C(C)C(=O)Oc1ccc(-c2ccc(OC(=O)C(C)(C)C)cc2OC(=O)C(=C)C)c(OC(=O)C(=C)C)c1. The highest BCUT2D eigenvalue weighted by molar-refractivity contribution is 5.93. The Morgan fingerprint density at radius 3 is 1.30 bits per heavy atom. The minimum atomic E-state index is -0.770. The van der Waals surface area contributed by atoms with Crippen molar-refractivity contribution in [1.82, 2.24) is 0 Å². The first-order valence-corrected chi connectivity index (χ1v) is 11.2. The van der Waals surface area contributed by atoms with E-state index in [2.05, 4.69) is 19.7 Å². The lowest BCUT2D eigenvalue weighted by Gasteiger charge is -2.18. The number of hydrogen-bond donors (Lipinski definition) is 0. The van der Waals surface area contributed by atoms with Crippen LogP contribution in [0.3, 0.4) is 0 Å². The molecule has 0 unspecified atom stereocenters. The molecular weight excluding hydrogens is 476 g/mol. The van der Waals surface area contributed by atoms with Gasteiger partial charge in [0.15, 0.2) is 0 Å². The van der Waals surface area contributed by atoms with Crippen LogP contribution in [0.1, 0.15) is 41.5 Å². The number of esters is 4. The number of carbonyl (C=O) groups is 4. The van der Waals surface area contributed by atoms with E-state index < -0.39 is 29.3 Å². The number of ether oxygens (including phenoxy) is 4. The van der Waals surface area contributed by atoms with Crippen molar-refractivity contribution in [1.29, 1.82) is 0 Å². The maximum atomic E-state index is 12.4. The molecule has 37 heavy (non-hydrogen) atoms. The van der Waals surface area contributed by atoms with E-state index in [1.54, 1.807) is 26.8 Å². The molecule has 2 aromatic carbocycles. The second-order valence-corrected chi connectivity index (χ2v) is 9.46. The smallest absolute Gasteiger partial charge is 0.338 e. The van der Waals surface area contributed by atoms with E-state index in [1.807, 2.05) is 0 Å². The van der Waals surface area contributed by atoms with Crippen LogP contribution in [0.5, 0.6) is 23.0 Å². The van der Waals surface area contributed by atoms with Crippen molar-refractivity contribution in [3.05, 3.63) is 72.9 Å². The summed E-state index contributed by atoms with van der Waals surface area (Å²) in [5.41, 5.74) is 0.329. The monoisotopic (exact) mass is 506 g/mol. The summed E-state index contributed by atoms with van der Waals surface area (Å²) in [6, 6.07) is 8.77. The summed E-state index contributed by atoms with van der Waals surface area (Å²) in [6.07, 6.45) is 0. The van der Waals surface area contributed by atoms with Crippen LogP contribution in [0, 0.1) is 5.41 Å². The van der Waals surface area contributed by atoms with Crippen molar-refractivity contribution in [3.63, 3.8) is 0 Å².